The van der Waals surface area contributed by atoms with Crippen molar-refractivity contribution in [3.8, 4) is 5.75 Å². The van der Waals surface area contributed by atoms with Gasteiger partial charge >= 0.3 is 5.97 Å². The maximum Gasteiger partial charge on any atom is 0.358 e. The number of likely N-dealkylation sites (tertiary alicyclic amines) is 1. The molecule has 1 unspecified atom stereocenters. The van der Waals surface area contributed by atoms with E-state index in [1.807, 2.05) is 30.3 Å². The van der Waals surface area contributed by atoms with E-state index in [1.54, 1.807) is 4.68 Å². The van der Waals surface area contributed by atoms with E-state index in [4.69, 9.17) is 4.74 Å². The number of rotatable bonds is 6. The van der Waals surface area contributed by atoms with Crippen molar-refractivity contribution < 1.29 is 14.6 Å². The molecule has 1 aromatic heterocycles. The van der Waals surface area contributed by atoms with Gasteiger partial charge in [-0.25, -0.2) is 4.79 Å². The minimum Gasteiger partial charge on any atom is -0.485 e. The van der Waals surface area contributed by atoms with Gasteiger partial charge in [0.1, 0.15) is 6.61 Å². The fourth-order valence-electron chi connectivity index (χ4n) is 2.98. The quantitative estimate of drug-likeness (QED) is 0.884. The molecule has 0 radical (unpaired) electrons. The highest BCUT2D eigenvalue weighted by Crippen LogP contribution is 2.23. The van der Waals surface area contributed by atoms with E-state index in [0.717, 1.165) is 25.1 Å². The van der Waals surface area contributed by atoms with Crippen LogP contribution in [0.5, 0.6) is 5.75 Å². The first-order valence-corrected chi connectivity index (χ1v) is 7.78. The van der Waals surface area contributed by atoms with Crippen LogP contribution in [0.15, 0.2) is 36.5 Å². The molecular formula is C17H21N3O3. The Kier molecular flexibility index (Phi) is 4.62. The highest BCUT2D eigenvalue weighted by molar-refractivity contribution is 5.88. The second-order valence-corrected chi connectivity index (χ2v) is 6.04. The Hall–Kier alpha value is -2.34. The summed E-state index contributed by atoms with van der Waals surface area (Å²) in [6.45, 7) is 2.96. The van der Waals surface area contributed by atoms with Crippen molar-refractivity contribution in [3.63, 3.8) is 0 Å². The van der Waals surface area contributed by atoms with Crippen LogP contribution in [0.1, 0.15) is 22.5 Å². The molecule has 0 amide bonds. The molecule has 0 aliphatic carbocycles. The average Bonchev–Trinajstić information content (AvgIpc) is 3.13. The fraction of sp³-hybridized carbons (Fsp3) is 0.412. The summed E-state index contributed by atoms with van der Waals surface area (Å²) in [6, 6.07) is 9.68. The fourth-order valence-corrected chi connectivity index (χ4v) is 2.98. The Balaban J connectivity index is 1.72. The number of aromatic carboxylic acids is 1. The molecule has 6 nitrogen and oxygen atoms in total. The average molecular weight is 315 g/mol. The number of carboxylic acid groups (broad SMARTS) is 1. The van der Waals surface area contributed by atoms with E-state index < -0.39 is 5.97 Å². The first-order valence-electron chi connectivity index (χ1n) is 7.78. The van der Waals surface area contributed by atoms with Crippen LogP contribution >= 0.6 is 0 Å². The Morgan fingerprint density at radius 3 is 2.83 bits per heavy atom. The van der Waals surface area contributed by atoms with Crippen LogP contribution in [0.25, 0.3) is 0 Å². The lowest BCUT2D eigenvalue weighted by Gasteiger charge is -2.12. The Labute approximate surface area is 135 Å². The Bertz CT molecular complexity index is 669. The van der Waals surface area contributed by atoms with Crippen molar-refractivity contribution in [2.24, 2.45) is 5.92 Å². The van der Waals surface area contributed by atoms with E-state index >= 15 is 0 Å². The summed E-state index contributed by atoms with van der Waals surface area (Å²) in [6.07, 6.45) is 2.57. The van der Waals surface area contributed by atoms with Crippen molar-refractivity contribution >= 4 is 5.97 Å². The molecule has 1 fully saturated rings. The zero-order chi connectivity index (χ0) is 16.2. The lowest BCUT2D eigenvalue weighted by molar-refractivity contribution is 0.0676. The van der Waals surface area contributed by atoms with E-state index in [2.05, 4.69) is 17.0 Å². The molecule has 1 N–H and O–H groups in total. The number of carboxylic acids is 1. The van der Waals surface area contributed by atoms with Crippen molar-refractivity contribution in [3.05, 3.63) is 47.8 Å². The molecule has 2 aromatic rings. The largest absolute Gasteiger partial charge is 0.485 e. The number of ether oxygens (including phenoxy) is 1. The first-order chi connectivity index (χ1) is 11.1. The van der Waals surface area contributed by atoms with Gasteiger partial charge in [-0.3, -0.25) is 4.68 Å². The van der Waals surface area contributed by atoms with E-state index in [-0.39, 0.29) is 5.69 Å². The number of nitrogens with zero attached hydrogens (tertiary/aromatic N) is 3. The summed E-state index contributed by atoms with van der Waals surface area (Å²) in [7, 11) is 2.08. The van der Waals surface area contributed by atoms with Gasteiger partial charge in [-0.2, -0.15) is 5.10 Å². The molecule has 3 rings (SSSR count). The van der Waals surface area contributed by atoms with Crippen LogP contribution in [0.2, 0.25) is 0 Å². The summed E-state index contributed by atoms with van der Waals surface area (Å²) >= 11 is 0. The standard InChI is InChI=1S/C17H21N3O3/c1-19-8-7-14(10-19)11-20-16(17(21)22)15(9-18-20)23-12-13-5-3-2-4-6-13/h2-6,9,14H,7-8,10-12H2,1H3,(H,21,22). The molecule has 1 aliphatic rings. The van der Waals surface area contributed by atoms with Gasteiger partial charge in [0.15, 0.2) is 11.4 Å². The van der Waals surface area contributed by atoms with Gasteiger partial charge in [-0.15, -0.1) is 0 Å². The lowest BCUT2D eigenvalue weighted by atomic mass is 10.1. The third-order valence-electron chi connectivity index (χ3n) is 4.17. The monoisotopic (exact) mass is 315 g/mol. The van der Waals surface area contributed by atoms with Crippen molar-refractivity contribution in [1.29, 1.82) is 0 Å². The molecule has 1 saturated heterocycles. The third kappa shape index (κ3) is 3.71. The molecular weight excluding hydrogens is 294 g/mol. The van der Waals surface area contributed by atoms with E-state index in [0.29, 0.717) is 24.8 Å². The SMILES string of the molecule is CN1CCC(Cn2ncc(OCc3ccccc3)c2C(=O)O)C1. The summed E-state index contributed by atoms with van der Waals surface area (Å²) < 4.78 is 7.24. The first kappa shape index (κ1) is 15.6. The van der Waals surface area contributed by atoms with Gasteiger partial charge in [-0.05, 0) is 31.5 Å². The molecule has 1 atom stereocenters. The number of carbonyl (C=O) groups is 1. The van der Waals surface area contributed by atoms with Gasteiger partial charge in [-0.1, -0.05) is 30.3 Å². The van der Waals surface area contributed by atoms with Gasteiger partial charge in [0.2, 0.25) is 0 Å². The third-order valence-corrected chi connectivity index (χ3v) is 4.17. The molecule has 0 saturated carbocycles. The maximum atomic E-state index is 11.6. The highest BCUT2D eigenvalue weighted by Gasteiger charge is 2.25. The van der Waals surface area contributed by atoms with Gasteiger partial charge in [0.05, 0.1) is 6.20 Å². The Morgan fingerprint density at radius 2 is 2.17 bits per heavy atom. The maximum absolute atomic E-state index is 11.6. The highest BCUT2D eigenvalue weighted by atomic mass is 16.5. The predicted octanol–water partition coefficient (Wildman–Crippen LogP) is 2.11. The number of aromatic nitrogens is 2. The minimum atomic E-state index is -1.00. The molecule has 6 heteroatoms. The smallest absolute Gasteiger partial charge is 0.358 e. The summed E-state index contributed by atoms with van der Waals surface area (Å²) in [5.74, 6) is -0.246. The van der Waals surface area contributed by atoms with E-state index in [9.17, 15) is 9.90 Å². The second-order valence-electron chi connectivity index (χ2n) is 6.04. The van der Waals surface area contributed by atoms with Crippen LogP contribution in [0.3, 0.4) is 0 Å². The van der Waals surface area contributed by atoms with Gasteiger partial charge in [0.25, 0.3) is 0 Å². The zero-order valence-electron chi connectivity index (χ0n) is 13.2. The molecule has 122 valence electrons. The van der Waals surface area contributed by atoms with Crippen LogP contribution in [0.4, 0.5) is 0 Å². The normalized spacial score (nSPS) is 18.2. The van der Waals surface area contributed by atoms with Gasteiger partial charge in [0, 0.05) is 13.1 Å². The predicted molar refractivity (Wildman–Crippen MR) is 85.6 cm³/mol. The summed E-state index contributed by atoms with van der Waals surface area (Å²) in [5.41, 5.74) is 1.13. The minimum absolute atomic E-state index is 0.135. The van der Waals surface area contributed by atoms with Crippen molar-refractivity contribution in [2.45, 2.75) is 19.6 Å². The number of benzene rings is 1. The molecule has 2 heterocycles. The zero-order valence-corrected chi connectivity index (χ0v) is 13.2. The molecule has 0 bridgehead atoms. The Morgan fingerprint density at radius 1 is 1.39 bits per heavy atom. The second kappa shape index (κ2) is 6.83. The van der Waals surface area contributed by atoms with Crippen LogP contribution < -0.4 is 4.74 Å². The molecule has 1 aromatic carbocycles. The molecule has 23 heavy (non-hydrogen) atoms. The molecule has 0 spiro atoms. The lowest BCUT2D eigenvalue weighted by Crippen LogP contribution is -2.20. The van der Waals surface area contributed by atoms with Gasteiger partial charge < -0.3 is 14.7 Å². The van der Waals surface area contributed by atoms with Crippen molar-refractivity contribution in [1.82, 2.24) is 14.7 Å². The van der Waals surface area contributed by atoms with Crippen LogP contribution in [-0.2, 0) is 13.2 Å². The molecule has 1 aliphatic heterocycles. The van der Waals surface area contributed by atoms with Crippen molar-refractivity contribution in [2.75, 3.05) is 20.1 Å². The summed E-state index contributed by atoms with van der Waals surface area (Å²) in [4.78, 5) is 13.9. The topological polar surface area (TPSA) is 67.6 Å². The van der Waals surface area contributed by atoms with E-state index in [1.165, 1.54) is 6.20 Å². The van der Waals surface area contributed by atoms with Crippen LogP contribution in [-0.4, -0.2) is 45.9 Å². The van der Waals surface area contributed by atoms with Crippen LogP contribution in [0, 0.1) is 5.92 Å². The number of hydrogen-bond donors (Lipinski definition) is 1. The summed E-state index contributed by atoms with van der Waals surface area (Å²) in [5, 5.41) is 13.7. The number of hydrogen-bond acceptors (Lipinski definition) is 4.